The van der Waals surface area contributed by atoms with Crippen molar-refractivity contribution in [1.82, 2.24) is 9.88 Å². The molecule has 3 rings (SSSR count). The summed E-state index contributed by atoms with van der Waals surface area (Å²) in [5, 5.41) is 0.549. The van der Waals surface area contributed by atoms with E-state index in [0.717, 1.165) is 36.1 Å². The highest BCUT2D eigenvalue weighted by Gasteiger charge is 2.17. The van der Waals surface area contributed by atoms with Gasteiger partial charge in [0.15, 0.2) is 5.58 Å². The number of amides is 1. The number of benzene rings is 1. The van der Waals surface area contributed by atoms with Gasteiger partial charge in [-0.15, -0.1) is 0 Å². The van der Waals surface area contributed by atoms with Crippen molar-refractivity contribution in [2.45, 2.75) is 24.5 Å². The summed E-state index contributed by atoms with van der Waals surface area (Å²) in [5.74, 6) is 0.436. The van der Waals surface area contributed by atoms with E-state index in [1.807, 2.05) is 31.3 Å². The minimum absolute atomic E-state index is 0.0883. The molecule has 4 nitrogen and oxygen atoms in total. The van der Waals surface area contributed by atoms with Crippen LogP contribution in [0, 0.1) is 0 Å². The number of allylic oxidation sites excluding steroid dienone is 2. The fraction of sp³-hybridized carbons (Fsp3) is 0.333. The maximum atomic E-state index is 12.1. The molecule has 2 aromatic rings. The number of oxazole rings is 1. The van der Waals surface area contributed by atoms with Gasteiger partial charge in [-0.3, -0.25) is 4.79 Å². The Hall–Kier alpha value is -1.75. The van der Waals surface area contributed by atoms with Gasteiger partial charge in [0.25, 0.3) is 5.22 Å². The van der Waals surface area contributed by atoms with Crippen LogP contribution in [0.5, 0.6) is 0 Å². The summed E-state index contributed by atoms with van der Waals surface area (Å²) < 4.78 is 5.59. The van der Waals surface area contributed by atoms with E-state index in [0.29, 0.717) is 11.0 Å². The van der Waals surface area contributed by atoms with Crippen molar-refractivity contribution < 1.29 is 9.21 Å². The van der Waals surface area contributed by atoms with Crippen LogP contribution in [0.4, 0.5) is 0 Å². The first-order valence-electron chi connectivity index (χ1n) is 6.68. The molecule has 0 radical (unpaired) electrons. The van der Waals surface area contributed by atoms with Crippen LogP contribution in [0.1, 0.15) is 19.3 Å². The molecule has 1 aromatic heterocycles. The van der Waals surface area contributed by atoms with Crippen molar-refractivity contribution in [2.75, 3.05) is 12.8 Å². The molecule has 1 amide bonds. The van der Waals surface area contributed by atoms with Gasteiger partial charge in [0.2, 0.25) is 5.91 Å². The van der Waals surface area contributed by atoms with Crippen molar-refractivity contribution in [3.05, 3.63) is 36.0 Å². The third-order valence-corrected chi connectivity index (χ3v) is 4.23. The first-order chi connectivity index (χ1) is 9.74. The van der Waals surface area contributed by atoms with E-state index >= 15 is 0 Å². The lowest BCUT2D eigenvalue weighted by molar-refractivity contribution is -0.125. The number of nitrogens with zero attached hydrogens (tertiary/aromatic N) is 2. The molecular weight excluding hydrogens is 272 g/mol. The Balaban J connectivity index is 1.62. The smallest absolute Gasteiger partial charge is 0.257 e. The molecule has 104 valence electrons. The Bertz CT molecular complexity index is 630. The quantitative estimate of drug-likeness (QED) is 0.808. The molecule has 0 saturated carbocycles. The van der Waals surface area contributed by atoms with Gasteiger partial charge in [-0.25, -0.2) is 4.98 Å². The molecule has 1 aromatic carbocycles. The zero-order valence-electron chi connectivity index (χ0n) is 11.3. The van der Waals surface area contributed by atoms with Crippen LogP contribution in [0.15, 0.2) is 45.7 Å². The molecule has 0 saturated heterocycles. The number of fused-ring (bicyclic) bond motifs is 1. The van der Waals surface area contributed by atoms with Gasteiger partial charge in [-0.2, -0.15) is 0 Å². The largest absolute Gasteiger partial charge is 0.431 e. The van der Waals surface area contributed by atoms with Crippen molar-refractivity contribution in [3.63, 3.8) is 0 Å². The zero-order valence-corrected chi connectivity index (χ0v) is 12.2. The van der Waals surface area contributed by atoms with E-state index in [1.54, 1.807) is 4.90 Å². The maximum absolute atomic E-state index is 12.1. The van der Waals surface area contributed by atoms with Crippen LogP contribution in [0.25, 0.3) is 11.1 Å². The third-order valence-electron chi connectivity index (χ3n) is 3.42. The van der Waals surface area contributed by atoms with Crippen LogP contribution in [-0.4, -0.2) is 28.6 Å². The highest BCUT2D eigenvalue weighted by molar-refractivity contribution is 7.99. The monoisotopic (exact) mass is 288 g/mol. The van der Waals surface area contributed by atoms with Crippen molar-refractivity contribution in [1.29, 1.82) is 0 Å². The predicted molar refractivity (Wildman–Crippen MR) is 79.4 cm³/mol. The molecule has 0 N–H and O–H groups in total. The highest BCUT2D eigenvalue weighted by atomic mass is 32.2. The Morgan fingerprint density at radius 1 is 1.45 bits per heavy atom. The number of rotatable bonds is 4. The van der Waals surface area contributed by atoms with Crippen molar-refractivity contribution in [3.8, 4) is 0 Å². The lowest BCUT2D eigenvalue weighted by atomic mass is 10.3. The van der Waals surface area contributed by atoms with Crippen LogP contribution in [0.2, 0.25) is 0 Å². The van der Waals surface area contributed by atoms with Crippen LogP contribution in [-0.2, 0) is 4.79 Å². The lowest BCUT2D eigenvalue weighted by Gasteiger charge is -2.17. The fourth-order valence-electron chi connectivity index (χ4n) is 2.25. The number of thioether (sulfide) groups is 1. The number of aromatic nitrogens is 1. The van der Waals surface area contributed by atoms with Gasteiger partial charge in [0.1, 0.15) is 5.52 Å². The van der Waals surface area contributed by atoms with Crippen LogP contribution >= 0.6 is 11.8 Å². The van der Waals surface area contributed by atoms with Gasteiger partial charge >= 0.3 is 0 Å². The van der Waals surface area contributed by atoms with E-state index in [-0.39, 0.29) is 5.91 Å². The van der Waals surface area contributed by atoms with E-state index in [4.69, 9.17) is 4.42 Å². The summed E-state index contributed by atoms with van der Waals surface area (Å²) in [5.41, 5.74) is 2.72. The van der Waals surface area contributed by atoms with Crippen molar-refractivity contribution in [2.24, 2.45) is 0 Å². The summed E-state index contributed by atoms with van der Waals surface area (Å²) in [7, 11) is 1.84. The molecule has 0 bridgehead atoms. The molecule has 1 aliphatic carbocycles. The number of hydrogen-bond donors (Lipinski definition) is 0. The fourth-order valence-corrected chi connectivity index (χ4v) is 3.00. The molecule has 1 aliphatic rings. The average Bonchev–Trinajstić information content (AvgIpc) is 3.12. The molecular formula is C15H16N2O2S. The van der Waals surface area contributed by atoms with Crippen molar-refractivity contribution >= 4 is 28.8 Å². The minimum Gasteiger partial charge on any atom is -0.431 e. The summed E-state index contributed by atoms with van der Waals surface area (Å²) in [6.45, 7) is 0. The second-order valence-electron chi connectivity index (χ2n) is 4.78. The predicted octanol–water partition coefficient (Wildman–Crippen LogP) is 3.45. The highest BCUT2D eigenvalue weighted by Crippen LogP contribution is 2.25. The Morgan fingerprint density at radius 2 is 2.30 bits per heavy atom. The molecule has 0 fully saturated rings. The molecule has 0 unspecified atom stereocenters. The SMILES string of the molecule is CN(C(=O)CSc1nc2ccccc2o1)C1=CCCC1. The van der Waals surface area contributed by atoms with Gasteiger partial charge in [0.05, 0.1) is 5.75 Å². The van der Waals surface area contributed by atoms with Gasteiger partial charge in [0, 0.05) is 12.7 Å². The Labute approximate surface area is 121 Å². The summed E-state index contributed by atoms with van der Waals surface area (Å²) in [4.78, 5) is 18.2. The van der Waals surface area contributed by atoms with E-state index < -0.39 is 0 Å². The maximum Gasteiger partial charge on any atom is 0.257 e. The summed E-state index contributed by atoms with van der Waals surface area (Å²) in [6.07, 6.45) is 5.36. The molecule has 0 spiro atoms. The molecule has 20 heavy (non-hydrogen) atoms. The second-order valence-corrected chi connectivity index (χ2v) is 5.70. The number of hydrogen-bond acceptors (Lipinski definition) is 4. The Morgan fingerprint density at radius 3 is 3.05 bits per heavy atom. The van der Waals surface area contributed by atoms with Gasteiger partial charge in [-0.05, 0) is 31.4 Å². The van der Waals surface area contributed by atoms with Crippen LogP contribution < -0.4 is 0 Å². The molecule has 0 aliphatic heterocycles. The second kappa shape index (κ2) is 5.71. The normalized spacial score (nSPS) is 14.6. The minimum atomic E-state index is 0.0883. The van der Waals surface area contributed by atoms with E-state index in [9.17, 15) is 4.79 Å². The van der Waals surface area contributed by atoms with Gasteiger partial charge < -0.3 is 9.32 Å². The zero-order chi connectivity index (χ0) is 13.9. The average molecular weight is 288 g/mol. The first-order valence-corrected chi connectivity index (χ1v) is 7.66. The number of carbonyl (C=O) groups is 1. The lowest BCUT2D eigenvalue weighted by Crippen LogP contribution is -2.26. The molecule has 0 atom stereocenters. The number of carbonyl (C=O) groups excluding carboxylic acids is 1. The standard InChI is InChI=1S/C15H16N2O2S/c1-17(11-6-2-3-7-11)14(18)10-20-15-16-12-8-4-5-9-13(12)19-15/h4-6,8-9H,2-3,7,10H2,1H3. The topological polar surface area (TPSA) is 46.3 Å². The third kappa shape index (κ3) is 2.72. The first kappa shape index (κ1) is 13.2. The summed E-state index contributed by atoms with van der Waals surface area (Å²) in [6, 6.07) is 7.61. The van der Waals surface area contributed by atoms with E-state index in [2.05, 4.69) is 11.1 Å². The number of para-hydroxylation sites is 2. The molecule has 1 heterocycles. The van der Waals surface area contributed by atoms with E-state index in [1.165, 1.54) is 11.8 Å². The van der Waals surface area contributed by atoms with Gasteiger partial charge in [-0.1, -0.05) is 30.0 Å². The summed E-state index contributed by atoms with van der Waals surface area (Å²) >= 11 is 1.35. The molecule has 5 heteroatoms. The van der Waals surface area contributed by atoms with Crippen LogP contribution in [0.3, 0.4) is 0 Å². The Kier molecular flexibility index (Phi) is 3.78.